The number of nitrogens with zero attached hydrogens (tertiary/aromatic N) is 5. The summed E-state index contributed by atoms with van der Waals surface area (Å²) < 4.78 is 41.4. The minimum absolute atomic E-state index is 0.0125. The number of hydrogen-bond acceptors (Lipinski definition) is 11. The van der Waals surface area contributed by atoms with Crippen LogP contribution in [0.5, 0.6) is 5.75 Å². The highest BCUT2D eigenvalue weighted by molar-refractivity contribution is 5.96. The number of carbonyl (C=O) groups is 3. The number of carbonyl (C=O) groups excluding carboxylic acids is 3. The molecule has 0 aliphatic carbocycles. The van der Waals surface area contributed by atoms with E-state index in [1.807, 2.05) is 13.0 Å². The topological polar surface area (TPSA) is 218 Å². The minimum Gasteiger partial charge on any atom is -0.494 e. The van der Waals surface area contributed by atoms with Crippen molar-refractivity contribution in [2.75, 3.05) is 51.7 Å². The number of aryl methyl sites for hydroxylation is 1. The monoisotopic (exact) mass is 747 g/mol. The van der Waals surface area contributed by atoms with E-state index in [0.717, 1.165) is 5.56 Å². The smallest absolute Gasteiger partial charge is 0.323 e. The molecule has 54 heavy (non-hydrogen) atoms. The second kappa shape index (κ2) is 16.4. The Kier molecular flexibility index (Phi) is 11.5. The highest BCUT2D eigenvalue weighted by Gasteiger charge is 2.36. The first kappa shape index (κ1) is 37.9. The Morgan fingerprint density at radius 3 is 2.57 bits per heavy atom. The van der Waals surface area contributed by atoms with Crippen molar-refractivity contribution >= 4 is 40.9 Å². The van der Waals surface area contributed by atoms with Gasteiger partial charge in [0.1, 0.15) is 12.1 Å². The zero-order valence-corrected chi connectivity index (χ0v) is 29.9. The fourth-order valence-electron chi connectivity index (χ4n) is 6.63. The van der Waals surface area contributed by atoms with Gasteiger partial charge in [0.05, 0.1) is 25.0 Å². The fourth-order valence-corrected chi connectivity index (χ4v) is 6.63. The Morgan fingerprint density at radius 1 is 1.09 bits per heavy atom. The second-order valence-corrected chi connectivity index (χ2v) is 13.2. The van der Waals surface area contributed by atoms with E-state index >= 15 is 0 Å². The fraction of sp³-hybridized carbons (Fsp3) is 0.389. The summed E-state index contributed by atoms with van der Waals surface area (Å²) in [6, 6.07) is 6.74. The van der Waals surface area contributed by atoms with Gasteiger partial charge in [0.15, 0.2) is 29.0 Å². The molecule has 18 heteroatoms. The highest BCUT2D eigenvalue weighted by atomic mass is 19.2. The number of nitrogens with two attached hydrogens (primary N) is 2. The summed E-state index contributed by atoms with van der Waals surface area (Å²) in [5.41, 5.74) is 13.8. The number of rotatable bonds is 12. The van der Waals surface area contributed by atoms with E-state index in [2.05, 4.69) is 25.9 Å². The lowest BCUT2D eigenvalue weighted by Gasteiger charge is -2.36. The predicted octanol–water partition coefficient (Wildman–Crippen LogP) is 1.88. The van der Waals surface area contributed by atoms with E-state index in [-0.39, 0.29) is 29.1 Å². The van der Waals surface area contributed by atoms with Crippen molar-refractivity contribution in [3.05, 3.63) is 71.7 Å². The maximum atomic E-state index is 14.9. The third-order valence-electron chi connectivity index (χ3n) is 9.55. The van der Waals surface area contributed by atoms with Crippen LogP contribution in [0.15, 0.2) is 48.9 Å². The Hall–Kier alpha value is -5.88. The van der Waals surface area contributed by atoms with Crippen molar-refractivity contribution in [3.63, 3.8) is 0 Å². The number of amides is 2. The van der Waals surface area contributed by atoms with Gasteiger partial charge in [-0.15, -0.1) is 0 Å². The number of anilines is 2. The van der Waals surface area contributed by atoms with Crippen molar-refractivity contribution in [1.82, 2.24) is 34.8 Å². The normalized spacial score (nSPS) is 17.6. The van der Waals surface area contributed by atoms with Crippen LogP contribution in [-0.4, -0.2) is 112 Å². The lowest BCUT2D eigenvalue weighted by atomic mass is 10.1. The first-order valence-electron chi connectivity index (χ1n) is 17.5. The molecule has 2 amide bonds. The van der Waals surface area contributed by atoms with Gasteiger partial charge in [-0.3, -0.25) is 24.2 Å². The van der Waals surface area contributed by atoms with E-state index in [9.17, 15) is 23.2 Å². The maximum absolute atomic E-state index is 14.9. The number of fused-ring (bicyclic) bond motifs is 1. The molecule has 2 aromatic heterocycles. The molecule has 16 nitrogen and oxygen atoms in total. The van der Waals surface area contributed by atoms with Gasteiger partial charge in [0.2, 0.25) is 11.7 Å². The quantitative estimate of drug-likeness (QED) is 0.0530. The highest BCUT2D eigenvalue weighted by Crippen LogP contribution is 2.32. The van der Waals surface area contributed by atoms with Crippen LogP contribution < -0.4 is 32.2 Å². The number of ether oxygens (including phenoxy) is 2. The molecule has 2 aliphatic heterocycles. The SMILES string of the molecule is COc1ccc(-c2cnc3c(Nc4ccc(C(=O)N5CCN(C(=O)[C@@H]6C[C@@H](OC(=O)[C@@H](N)CCCNC(=N)N)CN6)CC5)c(C)c4)nccn23)c(F)c1F. The van der Waals surface area contributed by atoms with Gasteiger partial charge >= 0.3 is 5.97 Å². The molecule has 286 valence electrons. The predicted molar refractivity (Wildman–Crippen MR) is 195 cm³/mol. The van der Waals surface area contributed by atoms with E-state index in [4.69, 9.17) is 26.4 Å². The van der Waals surface area contributed by atoms with Crippen LogP contribution in [0.2, 0.25) is 0 Å². The molecule has 0 radical (unpaired) electrons. The van der Waals surface area contributed by atoms with Crippen molar-refractivity contribution < 1.29 is 32.6 Å². The number of imidazole rings is 1. The van der Waals surface area contributed by atoms with Gasteiger partial charge < -0.3 is 46.7 Å². The maximum Gasteiger partial charge on any atom is 0.323 e. The van der Waals surface area contributed by atoms with Gasteiger partial charge in [-0.05, 0) is 55.7 Å². The van der Waals surface area contributed by atoms with Gasteiger partial charge in [0.25, 0.3) is 5.91 Å². The summed E-state index contributed by atoms with van der Waals surface area (Å²) in [4.78, 5) is 51.5. The molecule has 0 saturated carbocycles. The van der Waals surface area contributed by atoms with Crippen LogP contribution in [0.4, 0.5) is 20.3 Å². The lowest BCUT2D eigenvalue weighted by molar-refractivity contribution is -0.150. The molecule has 4 aromatic rings. The molecular weight excluding hydrogens is 704 g/mol. The number of methoxy groups -OCH3 is 1. The van der Waals surface area contributed by atoms with Crippen molar-refractivity contribution in [1.29, 1.82) is 5.41 Å². The van der Waals surface area contributed by atoms with Gasteiger partial charge in [-0.25, -0.2) is 14.4 Å². The van der Waals surface area contributed by atoms with Gasteiger partial charge in [-0.1, -0.05) is 0 Å². The number of nitrogens with one attached hydrogen (secondary N) is 4. The molecule has 2 aromatic carbocycles. The Balaban J connectivity index is 1.01. The summed E-state index contributed by atoms with van der Waals surface area (Å²) in [5, 5.41) is 16.2. The first-order valence-corrected chi connectivity index (χ1v) is 17.5. The standard InChI is InChI=1S/C36H43F2N11O5/c1-20-16-21(46-31-32-45-19-27(49(32)11-10-42-31)24-7-8-28(53-2)30(38)29(24)37)5-6-23(20)33(50)47-12-14-48(15-13-47)34(51)26-17-22(18-44-26)54-35(52)25(39)4-3-9-43-36(40)41/h5-8,10-11,16,19,22,25-26,44H,3-4,9,12-15,17-18,39H2,1-2H3,(H,42,46)(H4,40,41,43)/t22-,25+,26+/m1/s1. The van der Waals surface area contributed by atoms with E-state index < -0.39 is 35.8 Å². The first-order chi connectivity index (χ1) is 25.9. The Bertz CT molecular complexity index is 2050. The summed E-state index contributed by atoms with van der Waals surface area (Å²) in [5.74, 6) is -2.92. The molecule has 8 N–H and O–H groups in total. The molecule has 0 bridgehead atoms. The molecule has 2 saturated heterocycles. The minimum atomic E-state index is -1.09. The molecule has 2 aliphatic rings. The summed E-state index contributed by atoms with van der Waals surface area (Å²) >= 11 is 0. The van der Waals surface area contributed by atoms with E-state index in [0.29, 0.717) is 86.9 Å². The Morgan fingerprint density at radius 2 is 1.85 bits per heavy atom. The van der Waals surface area contributed by atoms with Crippen LogP contribution in [0.1, 0.15) is 35.2 Å². The number of benzene rings is 2. The van der Waals surface area contributed by atoms with Crippen LogP contribution in [-0.2, 0) is 14.3 Å². The van der Waals surface area contributed by atoms with Gasteiger partial charge in [0, 0.05) is 74.9 Å². The number of guanidine groups is 1. The van der Waals surface area contributed by atoms with E-state index in [1.165, 1.54) is 31.6 Å². The molecule has 3 atom stereocenters. The molecule has 0 spiro atoms. The summed E-state index contributed by atoms with van der Waals surface area (Å²) in [6.07, 6.45) is 5.31. The van der Waals surface area contributed by atoms with E-state index in [1.54, 1.807) is 32.5 Å². The molecular formula is C36H43F2N11O5. The Labute approximate surface area is 309 Å². The number of piperazine rings is 1. The summed E-state index contributed by atoms with van der Waals surface area (Å²) in [7, 11) is 1.26. The molecule has 0 unspecified atom stereocenters. The second-order valence-electron chi connectivity index (χ2n) is 13.2. The number of halogens is 2. The number of hydrogen-bond donors (Lipinski definition) is 6. The number of aromatic nitrogens is 3. The van der Waals surface area contributed by atoms with Crippen molar-refractivity contribution in [3.8, 4) is 17.0 Å². The largest absolute Gasteiger partial charge is 0.494 e. The van der Waals surface area contributed by atoms with Crippen LogP contribution >= 0.6 is 0 Å². The van der Waals surface area contributed by atoms with Crippen molar-refractivity contribution in [2.24, 2.45) is 11.5 Å². The van der Waals surface area contributed by atoms with Gasteiger partial charge in [-0.2, -0.15) is 4.39 Å². The molecule has 2 fully saturated rings. The zero-order valence-electron chi connectivity index (χ0n) is 29.9. The third kappa shape index (κ3) is 8.18. The average Bonchev–Trinajstić information content (AvgIpc) is 3.82. The summed E-state index contributed by atoms with van der Waals surface area (Å²) in [6.45, 7) is 4.02. The zero-order chi connectivity index (χ0) is 38.5. The van der Waals surface area contributed by atoms with Crippen LogP contribution in [0, 0.1) is 24.0 Å². The van der Waals surface area contributed by atoms with Crippen LogP contribution in [0.3, 0.4) is 0 Å². The lowest BCUT2D eigenvalue weighted by Crippen LogP contribution is -2.54. The average molecular weight is 748 g/mol. The number of esters is 1. The van der Waals surface area contributed by atoms with Crippen molar-refractivity contribution in [2.45, 2.75) is 44.4 Å². The molecule has 4 heterocycles. The molecule has 6 rings (SSSR count). The third-order valence-corrected chi connectivity index (χ3v) is 9.55. The van der Waals surface area contributed by atoms with Crippen LogP contribution in [0.25, 0.3) is 16.9 Å².